The lowest BCUT2D eigenvalue weighted by atomic mass is 10.1. The van der Waals surface area contributed by atoms with Crippen molar-refractivity contribution in [2.75, 3.05) is 36.0 Å². The second kappa shape index (κ2) is 9.31. The minimum atomic E-state index is -0.585. The third-order valence-electron chi connectivity index (χ3n) is 4.75. The Hall–Kier alpha value is -3.54. The minimum absolute atomic E-state index is 0.132. The van der Waals surface area contributed by atoms with Gasteiger partial charge in [-0.2, -0.15) is 5.26 Å². The molecule has 0 aliphatic carbocycles. The summed E-state index contributed by atoms with van der Waals surface area (Å²) < 4.78 is 34.2. The van der Waals surface area contributed by atoms with Crippen LogP contribution in [0, 0.1) is 28.4 Å². The van der Waals surface area contributed by atoms with Crippen molar-refractivity contribution in [1.29, 1.82) is 10.7 Å². The van der Waals surface area contributed by atoms with Crippen LogP contribution in [0.2, 0.25) is 0 Å². The Morgan fingerprint density at radius 1 is 1.23 bits per heavy atom. The molecule has 0 atom stereocenters. The molecule has 2 aromatic rings. The van der Waals surface area contributed by atoms with E-state index in [0.717, 1.165) is 0 Å². The second-order valence-electron chi connectivity index (χ2n) is 6.98. The van der Waals surface area contributed by atoms with Crippen LogP contribution in [-0.4, -0.2) is 42.8 Å². The van der Waals surface area contributed by atoms with Crippen LogP contribution in [0.3, 0.4) is 0 Å². The Morgan fingerprint density at radius 3 is 2.57 bits per heavy atom. The fraction of sp³-hybridized carbons (Fsp3) is 0.333. The lowest BCUT2D eigenvalue weighted by molar-refractivity contribution is -0.143. The van der Waals surface area contributed by atoms with Crippen LogP contribution in [0.5, 0.6) is 0 Å². The Morgan fingerprint density at radius 2 is 1.93 bits per heavy atom. The first-order valence-electron chi connectivity index (χ1n) is 9.41. The molecule has 1 aliphatic heterocycles. The lowest BCUT2D eigenvalue weighted by Crippen LogP contribution is -2.47. The molecule has 0 spiro atoms. The molecule has 30 heavy (non-hydrogen) atoms. The van der Waals surface area contributed by atoms with Gasteiger partial charge in [-0.1, -0.05) is 0 Å². The van der Waals surface area contributed by atoms with Gasteiger partial charge in [0.25, 0.3) is 0 Å². The van der Waals surface area contributed by atoms with Crippen LogP contribution in [0.15, 0.2) is 30.5 Å². The van der Waals surface area contributed by atoms with Gasteiger partial charge < -0.3 is 19.9 Å². The number of carbonyl (C=O) groups excluding carboxylic acids is 1. The van der Waals surface area contributed by atoms with Gasteiger partial charge in [-0.25, -0.2) is 13.8 Å². The Kier molecular flexibility index (Phi) is 6.57. The predicted octanol–water partition coefficient (Wildman–Crippen LogP) is 3.03. The fourth-order valence-corrected chi connectivity index (χ4v) is 3.22. The maximum Gasteiger partial charge on any atom is 0.311 e. The number of nitrogens with zero attached hydrogens (tertiary/aromatic N) is 4. The number of ether oxygens (including phenoxy) is 1. The highest BCUT2D eigenvalue weighted by Gasteiger charge is 2.24. The standard InChI is InChI=1S/C21H21F2N5O2/c1-14(25)10-19(29)30-13-16-4-5-26-21(20(16)23)28-8-6-27(7-9-28)18-3-2-15(12-24)11-17(18)22/h2-5,11,25H,6-10,13H2,1H3. The summed E-state index contributed by atoms with van der Waals surface area (Å²) in [5.74, 6) is -1.45. The van der Waals surface area contributed by atoms with E-state index in [4.69, 9.17) is 15.4 Å². The molecule has 1 saturated heterocycles. The van der Waals surface area contributed by atoms with Crippen molar-refractivity contribution in [3.63, 3.8) is 0 Å². The number of hydrogen-bond donors (Lipinski definition) is 1. The van der Waals surface area contributed by atoms with E-state index < -0.39 is 17.6 Å². The summed E-state index contributed by atoms with van der Waals surface area (Å²) in [4.78, 5) is 19.3. The molecule has 1 aliphatic rings. The first-order valence-corrected chi connectivity index (χ1v) is 9.41. The van der Waals surface area contributed by atoms with Gasteiger partial charge in [0.05, 0.1) is 23.7 Å². The van der Waals surface area contributed by atoms with E-state index >= 15 is 0 Å². The summed E-state index contributed by atoms with van der Waals surface area (Å²) in [6.45, 7) is 3.04. The molecule has 0 unspecified atom stereocenters. The van der Waals surface area contributed by atoms with E-state index in [2.05, 4.69) is 4.98 Å². The smallest absolute Gasteiger partial charge is 0.311 e. The number of rotatable bonds is 6. The zero-order chi connectivity index (χ0) is 21.7. The summed E-state index contributed by atoms with van der Waals surface area (Å²) in [5, 5.41) is 16.2. The molecular formula is C21H21F2N5O2. The Labute approximate surface area is 173 Å². The summed E-state index contributed by atoms with van der Waals surface area (Å²) >= 11 is 0. The quantitative estimate of drug-likeness (QED) is 0.578. The van der Waals surface area contributed by atoms with Gasteiger partial charge in [0.1, 0.15) is 12.4 Å². The van der Waals surface area contributed by atoms with Crippen LogP contribution in [-0.2, 0) is 16.1 Å². The van der Waals surface area contributed by atoms with E-state index in [1.54, 1.807) is 17.0 Å². The monoisotopic (exact) mass is 413 g/mol. The average molecular weight is 413 g/mol. The van der Waals surface area contributed by atoms with Crippen LogP contribution in [0.4, 0.5) is 20.3 Å². The Balaban J connectivity index is 1.65. The molecule has 7 nitrogen and oxygen atoms in total. The van der Waals surface area contributed by atoms with E-state index in [9.17, 15) is 13.6 Å². The third kappa shape index (κ3) is 4.89. The molecule has 0 bridgehead atoms. The molecule has 2 heterocycles. The number of hydrogen-bond acceptors (Lipinski definition) is 7. The van der Waals surface area contributed by atoms with Crippen molar-refractivity contribution in [3.05, 3.63) is 53.2 Å². The minimum Gasteiger partial charge on any atom is -0.460 e. The third-order valence-corrected chi connectivity index (χ3v) is 4.75. The van der Waals surface area contributed by atoms with Crippen molar-refractivity contribution < 1.29 is 18.3 Å². The van der Waals surface area contributed by atoms with E-state index in [-0.39, 0.29) is 35.7 Å². The number of nitriles is 1. The van der Waals surface area contributed by atoms with Crippen molar-refractivity contribution in [2.45, 2.75) is 20.0 Å². The number of nitrogens with one attached hydrogen (secondary N) is 1. The number of pyridine rings is 1. The van der Waals surface area contributed by atoms with Crippen LogP contribution in [0.1, 0.15) is 24.5 Å². The van der Waals surface area contributed by atoms with Crippen LogP contribution >= 0.6 is 0 Å². The number of esters is 1. The van der Waals surface area contributed by atoms with Gasteiger partial charge in [-0.3, -0.25) is 4.79 Å². The maximum absolute atomic E-state index is 14.9. The van der Waals surface area contributed by atoms with E-state index in [0.29, 0.717) is 31.9 Å². The molecule has 1 N–H and O–H groups in total. The number of aromatic nitrogens is 1. The van der Waals surface area contributed by atoms with E-state index in [1.165, 1.54) is 25.3 Å². The SMILES string of the molecule is CC(=N)CC(=O)OCc1ccnc(N2CCN(c3ccc(C#N)cc3F)CC2)c1F. The van der Waals surface area contributed by atoms with Crippen molar-refractivity contribution in [2.24, 2.45) is 0 Å². The molecule has 9 heteroatoms. The lowest BCUT2D eigenvalue weighted by Gasteiger charge is -2.37. The molecule has 156 valence electrons. The zero-order valence-corrected chi connectivity index (χ0v) is 16.5. The maximum atomic E-state index is 14.9. The first kappa shape index (κ1) is 21.2. The van der Waals surface area contributed by atoms with Crippen molar-refractivity contribution in [1.82, 2.24) is 4.98 Å². The molecule has 0 saturated carbocycles. The van der Waals surface area contributed by atoms with E-state index in [1.807, 2.05) is 11.0 Å². The molecule has 1 aromatic carbocycles. The van der Waals surface area contributed by atoms with Crippen molar-refractivity contribution in [3.8, 4) is 6.07 Å². The number of piperazine rings is 1. The molecule has 1 fully saturated rings. The summed E-state index contributed by atoms with van der Waals surface area (Å²) in [6, 6.07) is 7.70. The van der Waals surface area contributed by atoms with Crippen molar-refractivity contribution >= 4 is 23.2 Å². The molecule has 1 aromatic heterocycles. The summed E-state index contributed by atoms with van der Waals surface area (Å²) in [6.07, 6.45) is 1.32. The number of halogens is 2. The van der Waals surface area contributed by atoms with Gasteiger partial charge in [-0.15, -0.1) is 0 Å². The fourth-order valence-electron chi connectivity index (χ4n) is 3.22. The second-order valence-corrected chi connectivity index (χ2v) is 6.98. The zero-order valence-electron chi connectivity index (χ0n) is 16.5. The first-order chi connectivity index (χ1) is 14.4. The topological polar surface area (TPSA) is 93.3 Å². The molecule has 0 amide bonds. The summed E-state index contributed by atoms with van der Waals surface area (Å²) in [7, 11) is 0. The van der Waals surface area contributed by atoms with Crippen LogP contribution < -0.4 is 9.80 Å². The van der Waals surface area contributed by atoms with Gasteiger partial charge in [0.2, 0.25) is 0 Å². The van der Waals surface area contributed by atoms with Gasteiger partial charge in [0.15, 0.2) is 11.6 Å². The predicted molar refractivity (Wildman–Crippen MR) is 108 cm³/mol. The number of benzene rings is 1. The van der Waals surface area contributed by atoms with Gasteiger partial charge in [-0.05, 0) is 31.2 Å². The highest BCUT2D eigenvalue weighted by Crippen LogP contribution is 2.25. The normalized spacial score (nSPS) is 13.7. The van der Waals surface area contributed by atoms with Gasteiger partial charge in [0, 0.05) is 43.7 Å². The average Bonchev–Trinajstić information content (AvgIpc) is 2.72. The molecule has 0 radical (unpaired) electrons. The number of anilines is 2. The summed E-state index contributed by atoms with van der Waals surface area (Å²) in [5.41, 5.74) is 1.04. The highest BCUT2D eigenvalue weighted by molar-refractivity contribution is 5.95. The highest BCUT2D eigenvalue weighted by atomic mass is 19.1. The van der Waals surface area contributed by atoms with Gasteiger partial charge >= 0.3 is 5.97 Å². The molecule has 3 rings (SSSR count). The number of carbonyl (C=O) groups is 1. The molecular weight excluding hydrogens is 392 g/mol. The largest absolute Gasteiger partial charge is 0.460 e. The Bertz CT molecular complexity index is 997. The van der Waals surface area contributed by atoms with Crippen LogP contribution in [0.25, 0.3) is 0 Å².